The van der Waals surface area contributed by atoms with E-state index in [1.807, 2.05) is 91.2 Å². The zero-order chi connectivity index (χ0) is 26.2. The predicted molar refractivity (Wildman–Crippen MR) is 150 cm³/mol. The van der Waals surface area contributed by atoms with Crippen molar-refractivity contribution in [1.82, 2.24) is 4.57 Å². The Morgan fingerprint density at radius 1 is 0.865 bits per heavy atom. The number of hydrogen-bond acceptors (Lipinski definition) is 5. The number of aliphatic imine (C=N–C) groups is 1. The second-order valence-corrected chi connectivity index (χ2v) is 11.1. The van der Waals surface area contributed by atoms with Crippen molar-refractivity contribution in [3.8, 4) is 5.69 Å². The molecule has 1 aliphatic heterocycles. The summed E-state index contributed by atoms with van der Waals surface area (Å²) in [5.74, 6) is -0.145. The number of sulfonamides is 1. The van der Waals surface area contributed by atoms with E-state index in [0.29, 0.717) is 10.1 Å². The van der Waals surface area contributed by atoms with Crippen LogP contribution >= 0.6 is 11.8 Å². The number of nitrogens with zero attached hydrogens (tertiary/aromatic N) is 3. The first-order valence-corrected chi connectivity index (χ1v) is 13.8. The zero-order valence-electron chi connectivity index (χ0n) is 20.2. The first kappa shape index (κ1) is 24.8. The van der Waals surface area contributed by atoms with Crippen molar-refractivity contribution >= 4 is 50.3 Å². The third kappa shape index (κ3) is 5.01. The van der Waals surface area contributed by atoms with Crippen LogP contribution in [0.4, 0.5) is 11.4 Å². The lowest BCUT2D eigenvalue weighted by Gasteiger charge is -2.15. The summed E-state index contributed by atoms with van der Waals surface area (Å²) >= 11 is 1.33. The third-order valence-corrected chi connectivity index (χ3v) is 7.88. The summed E-state index contributed by atoms with van der Waals surface area (Å²) in [6.45, 7) is 3.93. The Balaban J connectivity index is 1.54. The standard InChI is InChI=1S/C28H24N4O3S2/c1-19-17-21(20(2)31(19)24-13-15-25(16-14-24)37(29,34)35)18-26-27(33)32(23-11-7-4-8-12-23)28(36-26)30-22-9-5-3-6-10-22/h3-18H,1-2H3,(H2,29,34,35)/b26-18+,30-28?. The fourth-order valence-corrected chi connectivity index (χ4v) is 5.73. The molecular formula is C28H24N4O3S2. The van der Waals surface area contributed by atoms with Crippen molar-refractivity contribution in [3.63, 3.8) is 0 Å². The number of rotatable bonds is 5. The van der Waals surface area contributed by atoms with Gasteiger partial charge in [-0.2, -0.15) is 0 Å². The Labute approximate surface area is 220 Å². The molecule has 1 aliphatic rings. The van der Waals surface area contributed by atoms with E-state index < -0.39 is 10.0 Å². The van der Waals surface area contributed by atoms with Gasteiger partial charge >= 0.3 is 0 Å². The molecule has 0 atom stereocenters. The summed E-state index contributed by atoms with van der Waals surface area (Å²) < 4.78 is 25.3. The summed E-state index contributed by atoms with van der Waals surface area (Å²) in [7, 11) is -3.77. The maximum absolute atomic E-state index is 13.6. The molecule has 0 radical (unpaired) electrons. The average molecular weight is 529 g/mol. The third-order valence-electron chi connectivity index (χ3n) is 5.98. The van der Waals surface area contributed by atoms with Gasteiger partial charge in [-0.25, -0.2) is 18.5 Å². The van der Waals surface area contributed by atoms with E-state index in [1.165, 1.54) is 23.9 Å². The minimum absolute atomic E-state index is 0.0558. The van der Waals surface area contributed by atoms with Crippen LogP contribution in [0.2, 0.25) is 0 Å². The van der Waals surface area contributed by atoms with Gasteiger partial charge in [0.2, 0.25) is 10.0 Å². The van der Waals surface area contributed by atoms with Crippen LogP contribution in [0, 0.1) is 13.8 Å². The van der Waals surface area contributed by atoms with Crippen molar-refractivity contribution in [2.75, 3.05) is 4.90 Å². The van der Waals surface area contributed by atoms with Gasteiger partial charge in [0, 0.05) is 17.1 Å². The lowest BCUT2D eigenvalue weighted by molar-refractivity contribution is -0.113. The number of anilines is 1. The molecule has 4 aromatic rings. The molecule has 5 rings (SSSR count). The largest absolute Gasteiger partial charge is 0.318 e. The molecule has 0 bridgehead atoms. The Morgan fingerprint density at radius 2 is 1.49 bits per heavy atom. The lowest BCUT2D eigenvalue weighted by atomic mass is 10.2. The molecule has 2 N–H and O–H groups in total. The van der Waals surface area contributed by atoms with Crippen LogP contribution < -0.4 is 10.0 Å². The molecule has 37 heavy (non-hydrogen) atoms. The minimum atomic E-state index is -3.77. The Hall–Kier alpha value is -3.92. The normalized spacial score (nSPS) is 16.2. The number of amides is 1. The van der Waals surface area contributed by atoms with Crippen LogP contribution in [0.1, 0.15) is 17.0 Å². The molecular weight excluding hydrogens is 504 g/mol. The number of carbonyl (C=O) groups excluding carboxylic acids is 1. The highest BCUT2D eigenvalue weighted by molar-refractivity contribution is 8.19. The number of amidine groups is 1. The van der Waals surface area contributed by atoms with Crippen molar-refractivity contribution in [3.05, 3.63) is 113 Å². The quantitative estimate of drug-likeness (QED) is 0.344. The summed E-state index contributed by atoms with van der Waals surface area (Å²) in [4.78, 5) is 20.6. The SMILES string of the molecule is Cc1cc(/C=C2/SC(=Nc3ccccc3)N(c3ccccc3)C2=O)c(C)n1-c1ccc(S(N)(=O)=O)cc1. The number of aromatic nitrogens is 1. The molecule has 0 saturated carbocycles. The van der Waals surface area contributed by atoms with Gasteiger partial charge in [0.05, 0.1) is 21.2 Å². The highest BCUT2D eigenvalue weighted by atomic mass is 32.2. The van der Waals surface area contributed by atoms with Crippen LogP contribution in [0.15, 0.2) is 106 Å². The van der Waals surface area contributed by atoms with E-state index in [4.69, 9.17) is 10.1 Å². The van der Waals surface area contributed by atoms with Crippen LogP contribution in [-0.4, -0.2) is 24.1 Å². The summed E-state index contributed by atoms with van der Waals surface area (Å²) in [5.41, 5.74) is 5.06. The summed E-state index contributed by atoms with van der Waals surface area (Å²) in [5, 5.41) is 5.82. The summed E-state index contributed by atoms with van der Waals surface area (Å²) in [6, 6.07) is 27.4. The first-order valence-electron chi connectivity index (χ1n) is 11.5. The zero-order valence-corrected chi connectivity index (χ0v) is 21.8. The van der Waals surface area contributed by atoms with E-state index in [0.717, 1.165) is 34.0 Å². The van der Waals surface area contributed by atoms with E-state index in [2.05, 4.69) is 0 Å². The number of thioether (sulfide) groups is 1. The number of benzene rings is 3. The Morgan fingerprint density at radius 3 is 2.11 bits per heavy atom. The number of nitrogens with two attached hydrogens (primary N) is 1. The lowest BCUT2D eigenvalue weighted by Crippen LogP contribution is -2.28. The van der Waals surface area contributed by atoms with E-state index in [1.54, 1.807) is 17.0 Å². The molecule has 0 spiro atoms. The van der Waals surface area contributed by atoms with Crippen molar-refractivity contribution in [2.24, 2.45) is 10.1 Å². The topological polar surface area (TPSA) is 97.8 Å². The van der Waals surface area contributed by atoms with Gasteiger partial charge in [0.25, 0.3) is 5.91 Å². The summed E-state index contributed by atoms with van der Waals surface area (Å²) in [6.07, 6.45) is 1.88. The van der Waals surface area contributed by atoms with Gasteiger partial charge in [0.1, 0.15) is 0 Å². The van der Waals surface area contributed by atoms with Gasteiger partial charge in [0.15, 0.2) is 5.17 Å². The van der Waals surface area contributed by atoms with Gasteiger partial charge in [-0.3, -0.25) is 9.69 Å². The van der Waals surface area contributed by atoms with Crippen molar-refractivity contribution < 1.29 is 13.2 Å². The van der Waals surface area contributed by atoms with Crippen LogP contribution in [0.25, 0.3) is 11.8 Å². The molecule has 7 nitrogen and oxygen atoms in total. The molecule has 1 fully saturated rings. The van der Waals surface area contributed by atoms with E-state index in [-0.39, 0.29) is 10.8 Å². The molecule has 186 valence electrons. The number of para-hydroxylation sites is 2. The number of hydrogen-bond donors (Lipinski definition) is 1. The average Bonchev–Trinajstić information content (AvgIpc) is 3.34. The Kier molecular flexibility index (Phi) is 6.59. The molecule has 0 aliphatic carbocycles. The second-order valence-electron chi connectivity index (χ2n) is 8.52. The number of primary sulfonamides is 1. The van der Waals surface area contributed by atoms with Crippen LogP contribution in [-0.2, 0) is 14.8 Å². The highest BCUT2D eigenvalue weighted by Crippen LogP contribution is 2.38. The molecule has 9 heteroatoms. The molecule has 1 amide bonds. The van der Waals surface area contributed by atoms with Gasteiger partial charge in [-0.1, -0.05) is 36.4 Å². The Bertz CT molecular complexity index is 1640. The highest BCUT2D eigenvalue weighted by Gasteiger charge is 2.35. The monoisotopic (exact) mass is 528 g/mol. The van der Waals surface area contributed by atoms with Gasteiger partial charge < -0.3 is 4.57 Å². The van der Waals surface area contributed by atoms with Gasteiger partial charge in [-0.15, -0.1) is 0 Å². The van der Waals surface area contributed by atoms with E-state index >= 15 is 0 Å². The van der Waals surface area contributed by atoms with Crippen LogP contribution in [0.3, 0.4) is 0 Å². The fourth-order valence-electron chi connectivity index (χ4n) is 4.22. The smallest absolute Gasteiger partial charge is 0.271 e. The van der Waals surface area contributed by atoms with Gasteiger partial charge in [-0.05, 0) is 91.8 Å². The van der Waals surface area contributed by atoms with Crippen molar-refractivity contribution in [1.29, 1.82) is 0 Å². The molecule has 1 aromatic heterocycles. The molecule has 0 unspecified atom stereocenters. The maximum Gasteiger partial charge on any atom is 0.271 e. The van der Waals surface area contributed by atoms with E-state index in [9.17, 15) is 13.2 Å². The molecule has 2 heterocycles. The fraction of sp³-hybridized carbons (Fsp3) is 0.0714. The maximum atomic E-state index is 13.6. The molecule has 1 saturated heterocycles. The number of carbonyl (C=O) groups is 1. The van der Waals surface area contributed by atoms with Crippen molar-refractivity contribution in [2.45, 2.75) is 18.7 Å². The predicted octanol–water partition coefficient (Wildman–Crippen LogP) is 5.55. The number of aryl methyl sites for hydroxylation is 1. The first-order chi connectivity index (χ1) is 17.7. The van der Waals surface area contributed by atoms with Crippen LogP contribution in [0.5, 0.6) is 0 Å². The minimum Gasteiger partial charge on any atom is -0.318 e. The molecule has 3 aromatic carbocycles. The second kappa shape index (κ2) is 9.85.